The number of carbonyl (C=O) groups is 1. The van der Waals surface area contributed by atoms with Gasteiger partial charge in [0, 0.05) is 18.2 Å². The Morgan fingerprint density at radius 3 is 2.94 bits per heavy atom. The molecule has 0 bridgehead atoms. The van der Waals surface area contributed by atoms with Crippen molar-refractivity contribution in [3.63, 3.8) is 0 Å². The second-order valence-corrected chi connectivity index (χ2v) is 5.11. The summed E-state index contributed by atoms with van der Waals surface area (Å²) >= 11 is 5.87. The van der Waals surface area contributed by atoms with Gasteiger partial charge in [0.05, 0.1) is 11.3 Å². The standard InChI is InChI=1S/C12H12ClN3O2/c1-6(7-2-3-7)11-8(12(17)18)5-14-10-4-9(13)15-16(10)11/h4-7H,2-3H2,1H3,(H,17,18). The molecule has 1 N–H and O–H groups in total. The van der Waals surface area contributed by atoms with E-state index < -0.39 is 5.97 Å². The molecule has 0 amide bonds. The van der Waals surface area contributed by atoms with Gasteiger partial charge in [-0.2, -0.15) is 5.10 Å². The minimum Gasteiger partial charge on any atom is -0.478 e. The summed E-state index contributed by atoms with van der Waals surface area (Å²) in [6.07, 6.45) is 3.67. The van der Waals surface area contributed by atoms with Gasteiger partial charge in [-0.25, -0.2) is 14.3 Å². The summed E-state index contributed by atoms with van der Waals surface area (Å²) in [5.74, 6) is -0.284. The smallest absolute Gasteiger partial charge is 0.339 e. The van der Waals surface area contributed by atoms with Crippen molar-refractivity contribution in [3.05, 3.63) is 28.7 Å². The molecule has 0 aliphatic heterocycles. The highest BCUT2D eigenvalue weighted by molar-refractivity contribution is 6.29. The van der Waals surface area contributed by atoms with Gasteiger partial charge in [0.25, 0.3) is 0 Å². The molecule has 0 saturated heterocycles. The highest BCUT2D eigenvalue weighted by atomic mass is 35.5. The Morgan fingerprint density at radius 2 is 2.33 bits per heavy atom. The Balaban J connectivity index is 2.27. The van der Waals surface area contributed by atoms with Crippen molar-refractivity contribution in [2.75, 3.05) is 0 Å². The molecule has 0 radical (unpaired) electrons. The van der Waals surface area contributed by atoms with Crippen LogP contribution in [0.15, 0.2) is 12.3 Å². The third-order valence-electron chi connectivity index (χ3n) is 3.48. The maximum atomic E-state index is 11.3. The molecule has 2 aromatic heterocycles. The molecule has 1 saturated carbocycles. The largest absolute Gasteiger partial charge is 0.478 e. The molecule has 1 aliphatic rings. The zero-order valence-electron chi connectivity index (χ0n) is 9.80. The molecule has 0 aromatic carbocycles. The van der Waals surface area contributed by atoms with Gasteiger partial charge in [0.2, 0.25) is 0 Å². The average molecular weight is 266 g/mol. The minimum absolute atomic E-state index is 0.151. The molecule has 6 heteroatoms. The summed E-state index contributed by atoms with van der Waals surface area (Å²) in [6.45, 7) is 2.04. The first-order valence-electron chi connectivity index (χ1n) is 5.85. The second-order valence-electron chi connectivity index (χ2n) is 4.73. The Hall–Kier alpha value is -1.62. The summed E-state index contributed by atoms with van der Waals surface area (Å²) in [5.41, 5.74) is 1.50. The summed E-state index contributed by atoms with van der Waals surface area (Å²) in [7, 11) is 0. The van der Waals surface area contributed by atoms with Gasteiger partial charge in [-0.1, -0.05) is 18.5 Å². The molecular formula is C12H12ClN3O2. The maximum Gasteiger partial charge on any atom is 0.339 e. The molecule has 3 rings (SSSR count). The Bertz CT molecular complexity index is 634. The minimum atomic E-state index is -0.974. The Labute approximate surface area is 108 Å². The monoisotopic (exact) mass is 265 g/mol. The van der Waals surface area contributed by atoms with Crippen LogP contribution in [-0.4, -0.2) is 25.7 Å². The van der Waals surface area contributed by atoms with Crippen molar-refractivity contribution in [2.45, 2.75) is 25.7 Å². The zero-order chi connectivity index (χ0) is 12.9. The lowest BCUT2D eigenvalue weighted by molar-refractivity contribution is 0.0693. The van der Waals surface area contributed by atoms with Crippen LogP contribution < -0.4 is 0 Å². The van der Waals surface area contributed by atoms with Crippen molar-refractivity contribution >= 4 is 23.2 Å². The van der Waals surface area contributed by atoms with Gasteiger partial charge < -0.3 is 5.11 Å². The van der Waals surface area contributed by atoms with E-state index in [1.165, 1.54) is 6.20 Å². The van der Waals surface area contributed by atoms with E-state index in [0.29, 0.717) is 22.4 Å². The third-order valence-corrected chi connectivity index (χ3v) is 3.67. The zero-order valence-corrected chi connectivity index (χ0v) is 10.6. The maximum absolute atomic E-state index is 11.3. The molecule has 5 nitrogen and oxygen atoms in total. The van der Waals surface area contributed by atoms with Crippen LogP contribution in [0.3, 0.4) is 0 Å². The molecule has 1 atom stereocenters. The molecule has 2 heterocycles. The topological polar surface area (TPSA) is 67.5 Å². The summed E-state index contributed by atoms with van der Waals surface area (Å²) in [6, 6.07) is 1.64. The lowest BCUT2D eigenvalue weighted by atomic mass is 9.98. The first kappa shape index (κ1) is 11.5. The summed E-state index contributed by atoms with van der Waals surface area (Å²) in [5, 5.41) is 13.7. The number of carboxylic acid groups (broad SMARTS) is 1. The van der Waals surface area contributed by atoms with E-state index in [1.54, 1.807) is 10.6 Å². The van der Waals surface area contributed by atoms with Crippen molar-refractivity contribution in [3.8, 4) is 0 Å². The lowest BCUT2D eigenvalue weighted by Gasteiger charge is -2.14. The van der Waals surface area contributed by atoms with Crippen molar-refractivity contribution < 1.29 is 9.90 Å². The number of rotatable bonds is 3. The molecule has 18 heavy (non-hydrogen) atoms. The number of nitrogens with zero attached hydrogens (tertiary/aromatic N) is 3. The highest BCUT2D eigenvalue weighted by Gasteiger charge is 2.33. The fourth-order valence-corrected chi connectivity index (χ4v) is 2.52. The van der Waals surface area contributed by atoms with E-state index in [1.807, 2.05) is 6.92 Å². The van der Waals surface area contributed by atoms with E-state index >= 15 is 0 Å². The second kappa shape index (κ2) is 3.95. The van der Waals surface area contributed by atoms with Crippen molar-refractivity contribution in [1.82, 2.24) is 14.6 Å². The van der Waals surface area contributed by atoms with Gasteiger partial charge in [-0.05, 0) is 18.8 Å². The number of hydrogen-bond donors (Lipinski definition) is 1. The van der Waals surface area contributed by atoms with E-state index in [9.17, 15) is 9.90 Å². The van der Waals surface area contributed by atoms with Crippen molar-refractivity contribution in [1.29, 1.82) is 0 Å². The normalized spacial score (nSPS) is 17.0. The fourth-order valence-electron chi connectivity index (χ4n) is 2.35. The van der Waals surface area contributed by atoms with Gasteiger partial charge in [0.1, 0.15) is 0 Å². The van der Waals surface area contributed by atoms with E-state index in [0.717, 1.165) is 12.8 Å². The molecular weight excluding hydrogens is 254 g/mol. The number of fused-ring (bicyclic) bond motifs is 1. The SMILES string of the molecule is CC(c1c(C(=O)O)cnc2cc(Cl)nn12)C1CC1. The van der Waals surface area contributed by atoms with E-state index in [-0.39, 0.29) is 11.5 Å². The van der Waals surface area contributed by atoms with Crippen LogP contribution in [0.5, 0.6) is 0 Å². The summed E-state index contributed by atoms with van der Waals surface area (Å²) < 4.78 is 1.56. The quantitative estimate of drug-likeness (QED) is 0.926. The summed E-state index contributed by atoms with van der Waals surface area (Å²) in [4.78, 5) is 15.4. The molecule has 2 aromatic rings. The lowest BCUT2D eigenvalue weighted by Crippen LogP contribution is -2.14. The highest BCUT2D eigenvalue weighted by Crippen LogP contribution is 2.43. The number of aromatic nitrogens is 3. The van der Waals surface area contributed by atoms with Crippen LogP contribution in [-0.2, 0) is 0 Å². The molecule has 1 fully saturated rings. The first-order valence-corrected chi connectivity index (χ1v) is 6.23. The van der Waals surface area contributed by atoms with Gasteiger partial charge >= 0.3 is 5.97 Å². The van der Waals surface area contributed by atoms with Crippen LogP contribution in [0, 0.1) is 5.92 Å². The van der Waals surface area contributed by atoms with Crippen LogP contribution >= 0.6 is 11.6 Å². The molecule has 0 spiro atoms. The van der Waals surface area contributed by atoms with Crippen LogP contribution in [0.25, 0.3) is 5.65 Å². The number of carboxylic acids is 1. The number of hydrogen-bond acceptors (Lipinski definition) is 3. The third kappa shape index (κ3) is 1.75. The van der Waals surface area contributed by atoms with Crippen LogP contribution in [0.1, 0.15) is 41.7 Å². The Kier molecular flexibility index (Phi) is 2.52. The molecule has 1 unspecified atom stereocenters. The first-order chi connectivity index (χ1) is 8.58. The average Bonchev–Trinajstić information content (AvgIpc) is 3.08. The fraction of sp³-hybridized carbons (Fsp3) is 0.417. The predicted molar refractivity (Wildman–Crippen MR) is 66.1 cm³/mol. The van der Waals surface area contributed by atoms with Gasteiger partial charge in [-0.3, -0.25) is 0 Å². The van der Waals surface area contributed by atoms with E-state index in [4.69, 9.17) is 11.6 Å². The Morgan fingerprint density at radius 1 is 1.61 bits per heavy atom. The predicted octanol–water partition coefficient (Wildman–Crippen LogP) is 2.59. The molecule has 94 valence electrons. The van der Waals surface area contributed by atoms with Crippen LogP contribution in [0.4, 0.5) is 0 Å². The van der Waals surface area contributed by atoms with Gasteiger partial charge in [-0.15, -0.1) is 0 Å². The van der Waals surface area contributed by atoms with Gasteiger partial charge in [0.15, 0.2) is 10.8 Å². The van der Waals surface area contributed by atoms with E-state index in [2.05, 4.69) is 10.1 Å². The van der Waals surface area contributed by atoms with Crippen LogP contribution in [0.2, 0.25) is 5.15 Å². The number of halogens is 1. The van der Waals surface area contributed by atoms with Crippen molar-refractivity contribution in [2.24, 2.45) is 5.92 Å². The number of aromatic carboxylic acids is 1. The molecule has 1 aliphatic carbocycles.